The lowest BCUT2D eigenvalue weighted by Gasteiger charge is -2.32. The van der Waals surface area contributed by atoms with Crippen LogP contribution in [-0.2, 0) is 4.79 Å². The van der Waals surface area contributed by atoms with Gasteiger partial charge in [-0.1, -0.05) is 0 Å². The quantitative estimate of drug-likeness (QED) is 0.846. The molecule has 2 aromatic heterocycles. The number of pyridine rings is 1. The van der Waals surface area contributed by atoms with Gasteiger partial charge in [0.15, 0.2) is 0 Å². The van der Waals surface area contributed by atoms with E-state index < -0.39 is 0 Å². The van der Waals surface area contributed by atoms with E-state index in [1.807, 2.05) is 16.7 Å². The smallest absolute Gasteiger partial charge is 0.255 e. The molecule has 1 saturated heterocycles. The standard InChI is InChI=1S/C16H21N5O2/c17-5-6-19-15(22)12-2-1-8-21(10-12)16(23)13-3-4-14-18-7-9-20(14)11-13/h3-4,7,9,11-12H,1-2,5-6,8,10,17H2,(H,19,22). The van der Waals surface area contributed by atoms with Gasteiger partial charge in [-0.05, 0) is 25.0 Å². The summed E-state index contributed by atoms with van der Waals surface area (Å²) in [5, 5.41) is 2.81. The Bertz CT molecular complexity index is 711. The maximum atomic E-state index is 12.7. The molecule has 0 aromatic carbocycles. The molecule has 1 fully saturated rings. The van der Waals surface area contributed by atoms with E-state index in [1.54, 1.807) is 23.4 Å². The number of likely N-dealkylation sites (tertiary alicyclic amines) is 1. The van der Waals surface area contributed by atoms with Crippen LogP contribution >= 0.6 is 0 Å². The summed E-state index contributed by atoms with van der Waals surface area (Å²) >= 11 is 0. The van der Waals surface area contributed by atoms with Gasteiger partial charge in [-0.2, -0.15) is 0 Å². The third-order valence-corrected chi connectivity index (χ3v) is 4.16. The molecule has 1 atom stereocenters. The Hall–Kier alpha value is -2.41. The summed E-state index contributed by atoms with van der Waals surface area (Å²) in [5.74, 6) is -0.217. The van der Waals surface area contributed by atoms with Crippen LogP contribution in [0.3, 0.4) is 0 Å². The molecular formula is C16H21N5O2. The second-order valence-corrected chi connectivity index (χ2v) is 5.78. The first kappa shape index (κ1) is 15.5. The Balaban J connectivity index is 1.70. The van der Waals surface area contributed by atoms with Crippen molar-refractivity contribution in [1.29, 1.82) is 0 Å². The minimum Gasteiger partial charge on any atom is -0.355 e. The normalized spacial score (nSPS) is 18.1. The maximum Gasteiger partial charge on any atom is 0.255 e. The summed E-state index contributed by atoms with van der Waals surface area (Å²) in [4.78, 5) is 30.7. The summed E-state index contributed by atoms with van der Waals surface area (Å²) in [6, 6.07) is 3.60. The van der Waals surface area contributed by atoms with Crippen LogP contribution in [0.25, 0.3) is 5.65 Å². The van der Waals surface area contributed by atoms with E-state index >= 15 is 0 Å². The minimum absolute atomic E-state index is 0.0157. The van der Waals surface area contributed by atoms with Gasteiger partial charge in [0.2, 0.25) is 5.91 Å². The first-order chi connectivity index (χ1) is 11.2. The van der Waals surface area contributed by atoms with Crippen LogP contribution in [0.15, 0.2) is 30.7 Å². The van der Waals surface area contributed by atoms with Gasteiger partial charge in [0.05, 0.1) is 11.5 Å². The molecule has 122 valence electrons. The molecule has 0 bridgehead atoms. The van der Waals surface area contributed by atoms with Gasteiger partial charge in [0, 0.05) is 44.8 Å². The van der Waals surface area contributed by atoms with Gasteiger partial charge in [-0.25, -0.2) is 4.98 Å². The van der Waals surface area contributed by atoms with Crippen molar-refractivity contribution in [2.75, 3.05) is 26.2 Å². The van der Waals surface area contributed by atoms with Crippen molar-refractivity contribution in [3.63, 3.8) is 0 Å². The lowest BCUT2D eigenvalue weighted by Crippen LogP contribution is -2.46. The number of imidazole rings is 1. The number of rotatable bonds is 4. The number of piperidine rings is 1. The van der Waals surface area contributed by atoms with E-state index in [1.165, 1.54) is 0 Å². The molecule has 0 aliphatic carbocycles. The summed E-state index contributed by atoms with van der Waals surface area (Å²) in [6.45, 7) is 2.03. The third kappa shape index (κ3) is 3.34. The Labute approximate surface area is 134 Å². The number of carbonyl (C=O) groups excluding carboxylic acids is 2. The summed E-state index contributed by atoms with van der Waals surface area (Å²) in [5.41, 5.74) is 6.82. The summed E-state index contributed by atoms with van der Waals surface area (Å²) < 4.78 is 1.82. The molecule has 1 unspecified atom stereocenters. The first-order valence-electron chi connectivity index (χ1n) is 7.89. The summed E-state index contributed by atoms with van der Waals surface area (Å²) in [7, 11) is 0. The molecule has 2 aromatic rings. The zero-order valence-corrected chi connectivity index (χ0v) is 12.9. The predicted molar refractivity (Wildman–Crippen MR) is 85.9 cm³/mol. The zero-order valence-electron chi connectivity index (χ0n) is 12.9. The lowest BCUT2D eigenvalue weighted by molar-refractivity contribution is -0.126. The molecule has 1 aliphatic rings. The molecule has 0 saturated carbocycles. The van der Waals surface area contributed by atoms with Crippen molar-refractivity contribution in [3.8, 4) is 0 Å². The highest BCUT2D eigenvalue weighted by atomic mass is 16.2. The highest BCUT2D eigenvalue weighted by Gasteiger charge is 2.28. The first-order valence-corrected chi connectivity index (χ1v) is 7.89. The second-order valence-electron chi connectivity index (χ2n) is 5.78. The molecule has 3 heterocycles. The molecule has 7 heteroatoms. The Morgan fingerprint density at radius 2 is 2.26 bits per heavy atom. The molecule has 0 radical (unpaired) electrons. The van der Waals surface area contributed by atoms with Gasteiger partial charge in [0.25, 0.3) is 5.91 Å². The maximum absolute atomic E-state index is 12.7. The average Bonchev–Trinajstić information content (AvgIpc) is 3.06. The molecule has 23 heavy (non-hydrogen) atoms. The number of hydrogen-bond acceptors (Lipinski definition) is 4. The third-order valence-electron chi connectivity index (χ3n) is 4.16. The van der Waals surface area contributed by atoms with Crippen LogP contribution in [0.5, 0.6) is 0 Å². The molecule has 2 amide bonds. The molecule has 7 nitrogen and oxygen atoms in total. The van der Waals surface area contributed by atoms with Crippen molar-refractivity contribution in [3.05, 3.63) is 36.3 Å². The van der Waals surface area contributed by atoms with Crippen LogP contribution in [-0.4, -0.2) is 52.3 Å². The zero-order chi connectivity index (χ0) is 16.2. The molecular weight excluding hydrogens is 294 g/mol. The SMILES string of the molecule is NCCNC(=O)C1CCCN(C(=O)c2ccc3nccn3c2)C1. The number of amides is 2. The number of nitrogens with one attached hydrogen (secondary N) is 1. The van der Waals surface area contributed by atoms with Gasteiger partial charge >= 0.3 is 0 Å². The Morgan fingerprint density at radius 1 is 1.39 bits per heavy atom. The van der Waals surface area contributed by atoms with Crippen molar-refractivity contribution >= 4 is 17.5 Å². The van der Waals surface area contributed by atoms with E-state index in [0.29, 0.717) is 31.7 Å². The fourth-order valence-corrected chi connectivity index (χ4v) is 2.94. The average molecular weight is 315 g/mol. The number of nitrogens with two attached hydrogens (primary N) is 1. The Morgan fingerprint density at radius 3 is 3.09 bits per heavy atom. The number of carbonyl (C=O) groups is 2. The molecule has 0 spiro atoms. The van der Waals surface area contributed by atoms with E-state index in [9.17, 15) is 9.59 Å². The predicted octanol–water partition coefficient (Wildman–Crippen LogP) is 0.261. The number of aromatic nitrogens is 2. The van der Waals surface area contributed by atoms with E-state index in [2.05, 4.69) is 10.3 Å². The summed E-state index contributed by atoms with van der Waals surface area (Å²) in [6.07, 6.45) is 6.93. The fourth-order valence-electron chi connectivity index (χ4n) is 2.94. The number of hydrogen-bond donors (Lipinski definition) is 2. The van der Waals surface area contributed by atoms with E-state index in [4.69, 9.17) is 5.73 Å². The molecule has 3 N–H and O–H groups in total. The number of fused-ring (bicyclic) bond motifs is 1. The van der Waals surface area contributed by atoms with Crippen LogP contribution in [0.1, 0.15) is 23.2 Å². The van der Waals surface area contributed by atoms with Crippen molar-refractivity contribution in [2.24, 2.45) is 11.7 Å². The van der Waals surface area contributed by atoms with Crippen molar-refractivity contribution in [2.45, 2.75) is 12.8 Å². The van der Waals surface area contributed by atoms with Crippen LogP contribution in [0, 0.1) is 5.92 Å². The van der Waals surface area contributed by atoms with Crippen LogP contribution in [0.2, 0.25) is 0 Å². The number of nitrogens with zero attached hydrogens (tertiary/aromatic N) is 3. The van der Waals surface area contributed by atoms with Gasteiger partial charge in [0.1, 0.15) is 5.65 Å². The highest BCUT2D eigenvalue weighted by molar-refractivity contribution is 5.94. The van der Waals surface area contributed by atoms with E-state index in [-0.39, 0.29) is 17.7 Å². The second kappa shape index (κ2) is 6.78. The minimum atomic E-state index is -0.156. The fraction of sp³-hybridized carbons (Fsp3) is 0.438. The lowest BCUT2D eigenvalue weighted by atomic mass is 9.96. The largest absolute Gasteiger partial charge is 0.355 e. The van der Waals surface area contributed by atoms with Crippen molar-refractivity contribution < 1.29 is 9.59 Å². The highest BCUT2D eigenvalue weighted by Crippen LogP contribution is 2.19. The van der Waals surface area contributed by atoms with Gasteiger partial charge < -0.3 is 20.4 Å². The van der Waals surface area contributed by atoms with Crippen LogP contribution < -0.4 is 11.1 Å². The monoisotopic (exact) mass is 315 g/mol. The molecule has 1 aliphatic heterocycles. The Kier molecular flexibility index (Phi) is 4.57. The van der Waals surface area contributed by atoms with E-state index in [0.717, 1.165) is 18.5 Å². The topological polar surface area (TPSA) is 92.7 Å². The molecule has 3 rings (SSSR count). The van der Waals surface area contributed by atoms with Gasteiger partial charge in [-0.3, -0.25) is 9.59 Å². The van der Waals surface area contributed by atoms with Gasteiger partial charge in [-0.15, -0.1) is 0 Å². The van der Waals surface area contributed by atoms with Crippen LogP contribution in [0.4, 0.5) is 0 Å². The van der Waals surface area contributed by atoms with Crippen molar-refractivity contribution in [1.82, 2.24) is 19.6 Å².